The maximum atomic E-state index is 12.1. The van der Waals surface area contributed by atoms with Gasteiger partial charge < -0.3 is 10.2 Å². The Balaban J connectivity index is 2.28. The number of amides is 1. The molecule has 3 nitrogen and oxygen atoms in total. The maximum Gasteiger partial charge on any atom is 0.236 e. The molecule has 0 aromatic carbocycles. The molecule has 100 valence electrons. The summed E-state index contributed by atoms with van der Waals surface area (Å²) < 4.78 is 0. The molecule has 1 aliphatic carbocycles. The first-order valence-corrected chi connectivity index (χ1v) is 7.19. The van der Waals surface area contributed by atoms with Gasteiger partial charge >= 0.3 is 0 Å². The molecule has 1 rings (SSSR count). The molecule has 0 aromatic rings. The zero-order valence-corrected chi connectivity index (χ0v) is 11.7. The Bertz CT molecular complexity index is 226. The molecule has 3 heteroatoms. The van der Waals surface area contributed by atoms with Gasteiger partial charge in [-0.3, -0.25) is 4.79 Å². The standard InChI is InChI=1S/C14H28N2O/c1-4-6-9-16(12(3)5-2)14(17)11-15-10-13-7-8-13/h12-13,15H,4-11H2,1-3H3. The Labute approximate surface area is 106 Å². The Morgan fingerprint density at radius 2 is 2.12 bits per heavy atom. The minimum absolute atomic E-state index is 0.272. The molecule has 1 saturated carbocycles. The van der Waals surface area contributed by atoms with Gasteiger partial charge in [-0.1, -0.05) is 20.3 Å². The van der Waals surface area contributed by atoms with Gasteiger partial charge in [0.25, 0.3) is 0 Å². The number of nitrogens with zero attached hydrogens (tertiary/aromatic N) is 1. The Hall–Kier alpha value is -0.570. The molecular formula is C14H28N2O. The molecule has 0 aliphatic heterocycles. The molecule has 17 heavy (non-hydrogen) atoms. The van der Waals surface area contributed by atoms with Crippen LogP contribution in [0.1, 0.15) is 52.9 Å². The summed E-state index contributed by atoms with van der Waals surface area (Å²) in [7, 11) is 0. The molecule has 1 fully saturated rings. The SMILES string of the molecule is CCCCN(C(=O)CNCC1CC1)C(C)CC. The van der Waals surface area contributed by atoms with Crippen LogP contribution in [0.4, 0.5) is 0 Å². The summed E-state index contributed by atoms with van der Waals surface area (Å²) in [5.74, 6) is 1.11. The zero-order valence-electron chi connectivity index (χ0n) is 11.7. The summed E-state index contributed by atoms with van der Waals surface area (Å²) in [6, 6.07) is 0.372. The number of hydrogen-bond donors (Lipinski definition) is 1. The first kappa shape index (κ1) is 14.5. The smallest absolute Gasteiger partial charge is 0.236 e. The van der Waals surface area contributed by atoms with E-state index in [1.54, 1.807) is 0 Å². The van der Waals surface area contributed by atoms with E-state index >= 15 is 0 Å². The summed E-state index contributed by atoms with van der Waals surface area (Å²) in [6.07, 6.45) is 5.98. The molecule has 1 N–H and O–H groups in total. The molecule has 0 aromatic heterocycles. The van der Waals surface area contributed by atoms with E-state index in [9.17, 15) is 4.79 Å². The molecular weight excluding hydrogens is 212 g/mol. The van der Waals surface area contributed by atoms with Gasteiger partial charge in [-0.15, -0.1) is 0 Å². The van der Waals surface area contributed by atoms with E-state index in [0.717, 1.165) is 38.3 Å². The van der Waals surface area contributed by atoms with Gasteiger partial charge in [0.1, 0.15) is 0 Å². The first-order valence-electron chi connectivity index (χ1n) is 7.19. The fraction of sp³-hybridized carbons (Fsp3) is 0.929. The van der Waals surface area contributed by atoms with Crippen LogP contribution in [0, 0.1) is 5.92 Å². The highest BCUT2D eigenvalue weighted by Gasteiger charge is 2.22. The summed E-state index contributed by atoms with van der Waals surface area (Å²) >= 11 is 0. The van der Waals surface area contributed by atoms with Crippen LogP contribution in [-0.2, 0) is 4.79 Å². The number of carbonyl (C=O) groups excluding carboxylic acids is 1. The van der Waals surface area contributed by atoms with Gasteiger partial charge in [-0.05, 0) is 45.1 Å². The van der Waals surface area contributed by atoms with Crippen LogP contribution in [0.15, 0.2) is 0 Å². The van der Waals surface area contributed by atoms with Crippen molar-refractivity contribution in [1.29, 1.82) is 0 Å². The van der Waals surface area contributed by atoms with Crippen LogP contribution in [0.2, 0.25) is 0 Å². The van der Waals surface area contributed by atoms with Crippen LogP contribution in [0.25, 0.3) is 0 Å². The second-order valence-electron chi connectivity index (χ2n) is 5.27. The van der Waals surface area contributed by atoms with Gasteiger partial charge in [0, 0.05) is 12.6 Å². The van der Waals surface area contributed by atoms with Gasteiger partial charge in [0.15, 0.2) is 0 Å². The van der Waals surface area contributed by atoms with Crippen molar-refractivity contribution in [3.63, 3.8) is 0 Å². The Morgan fingerprint density at radius 1 is 1.41 bits per heavy atom. The molecule has 0 spiro atoms. The number of carbonyl (C=O) groups is 1. The maximum absolute atomic E-state index is 12.1. The number of rotatable bonds is 9. The third-order valence-electron chi connectivity index (χ3n) is 3.60. The highest BCUT2D eigenvalue weighted by Crippen LogP contribution is 2.27. The fourth-order valence-corrected chi connectivity index (χ4v) is 1.95. The molecule has 1 atom stereocenters. The van der Waals surface area contributed by atoms with E-state index in [1.807, 2.05) is 4.90 Å². The minimum atomic E-state index is 0.272. The van der Waals surface area contributed by atoms with E-state index in [2.05, 4.69) is 26.1 Å². The van der Waals surface area contributed by atoms with Crippen molar-refractivity contribution >= 4 is 5.91 Å². The van der Waals surface area contributed by atoms with E-state index in [4.69, 9.17) is 0 Å². The Morgan fingerprint density at radius 3 is 2.65 bits per heavy atom. The average Bonchev–Trinajstić information content (AvgIpc) is 3.13. The molecule has 0 bridgehead atoms. The molecule has 1 amide bonds. The highest BCUT2D eigenvalue weighted by molar-refractivity contribution is 5.78. The van der Waals surface area contributed by atoms with Crippen LogP contribution >= 0.6 is 0 Å². The van der Waals surface area contributed by atoms with Crippen LogP contribution in [0.5, 0.6) is 0 Å². The topological polar surface area (TPSA) is 32.3 Å². The van der Waals surface area contributed by atoms with Crippen molar-refractivity contribution in [2.24, 2.45) is 5.92 Å². The van der Waals surface area contributed by atoms with Crippen LogP contribution < -0.4 is 5.32 Å². The van der Waals surface area contributed by atoms with Crippen molar-refractivity contribution in [2.45, 2.75) is 58.9 Å². The van der Waals surface area contributed by atoms with Gasteiger partial charge in [0.05, 0.1) is 6.54 Å². The summed E-state index contributed by atoms with van der Waals surface area (Å²) in [6.45, 7) is 8.92. The molecule has 1 aliphatic rings. The van der Waals surface area contributed by atoms with Gasteiger partial charge in [-0.2, -0.15) is 0 Å². The highest BCUT2D eigenvalue weighted by atomic mass is 16.2. The predicted molar refractivity (Wildman–Crippen MR) is 72.0 cm³/mol. The van der Waals surface area contributed by atoms with Crippen molar-refractivity contribution in [1.82, 2.24) is 10.2 Å². The summed E-state index contributed by atoms with van der Waals surface area (Å²) in [5.41, 5.74) is 0. The van der Waals surface area contributed by atoms with Crippen molar-refractivity contribution in [2.75, 3.05) is 19.6 Å². The second-order valence-corrected chi connectivity index (χ2v) is 5.27. The second kappa shape index (κ2) is 7.70. The lowest BCUT2D eigenvalue weighted by Gasteiger charge is -2.28. The molecule has 0 heterocycles. The number of nitrogens with one attached hydrogen (secondary N) is 1. The largest absolute Gasteiger partial charge is 0.339 e. The lowest BCUT2D eigenvalue weighted by Crippen LogP contribution is -2.44. The van der Waals surface area contributed by atoms with Crippen molar-refractivity contribution < 1.29 is 4.79 Å². The quantitative estimate of drug-likeness (QED) is 0.671. The Kier molecular flexibility index (Phi) is 6.56. The summed E-state index contributed by atoms with van der Waals surface area (Å²) in [4.78, 5) is 14.2. The number of unbranched alkanes of at least 4 members (excludes halogenated alkanes) is 1. The van der Waals surface area contributed by atoms with Crippen molar-refractivity contribution in [3.8, 4) is 0 Å². The summed E-state index contributed by atoms with van der Waals surface area (Å²) in [5, 5.41) is 3.29. The molecule has 0 radical (unpaired) electrons. The van der Waals surface area contributed by atoms with E-state index < -0.39 is 0 Å². The average molecular weight is 240 g/mol. The zero-order chi connectivity index (χ0) is 12.7. The third kappa shape index (κ3) is 5.53. The minimum Gasteiger partial charge on any atom is -0.339 e. The lowest BCUT2D eigenvalue weighted by molar-refractivity contribution is -0.132. The predicted octanol–water partition coefficient (Wildman–Crippen LogP) is 2.41. The fourth-order valence-electron chi connectivity index (χ4n) is 1.95. The van der Waals surface area contributed by atoms with Crippen LogP contribution in [-0.4, -0.2) is 36.5 Å². The van der Waals surface area contributed by atoms with E-state index in [0.29, 0.717) is 12.6 Å². The van der Waals surface area contributed by atoms with Gasteiger partial charge in [-0.25, -0.2) is 0 Å². The monoisotopic (exact) mass is 240 g/mol. The van der Waals surface area contributed by atoms with E-state index in [1.165, 1.54) is 12.8 Å². The molecule has 1 unspecified atom stereocenters. The first-order chi connectivity index (χ1) is 8.19. The van der Waals surface area contributed by atoms with Crippen LogP contribution in [0.3, 0.4) is 0 Å². The molecule has 0 saturated heterocycles. The normalized spacial score (nSPS) is 16.9. The van der Waals surface area contributed by atoms with E-state index in [-0.39, 0.29) is 5.91 Å². The number of hydrogen-bond acceptors (Lipinski definition) is 2. The van der Waals surface area contributed by atoms with Gasteiger partial charge in [0.2, 0.25) is 5.91 Å². The third-order valence-corrected chi connectivity index (χ3v) is 3.60. The van der Waals surface area contributed by atoms with Crippen molar-refractivity contribution in [3.05, 3.63) is 0 Å². The lowest BCUT2D eigenvalue weighted by atomic mass is 10.2.